The highest BCUT2D eigenvalue weighted by atomic mass is 32.2. The molecule has 1 saturated heterocycles. The summed E-state index contributed by atoms with van der Waals surface area (Å²) in [5.74, 6) is 1.05. The van der Waals surface area contributed by atoms with E-state index in [4.69, 9.17) is 4.98 Å². The van der Waals surface area contributed by atoms with Crippen LogP contribution in [0.25, 0.3) is 10.9 Å². The van der Waals surface area contributed by atoms with Crippen LogP contribution in [0.15, 0.2) is 71.6 Å². The van der Waals surface area contributed by atoms with Crippen LogP contribution in [0.2, 0.25) is 0 Å². The minimum atomic E-state index is -3.26. The first-order valence-electron chi connectivity index (χ1n) is 11.7. The Balaban J connectivity index is 1.15. The van der Waals surface area contributed by atoms with Crippen molar-refractivity contribution in [3.05, 3.63) is 66.7 Å². The summed E-state index contributed by atoms with van der Waals surface area (Å²) in [5.41, 5.74) is 1.04. The number of para-hydroxylation sites is 1. The molecule has 0 atom stereocenters. The van der Waals surface area contributed by atoms with Crippen LogP contribution < -0.4 is 4.90 Å². The summed E-state index contributed by atoms with van der Waals surface area (Å²) < 4.78 is 26.0. The zero-order valence-electron chi connectivity index (χ0n) is 18.5. The van der Waals surface area contributed by atoms with Crippen molar-refractivity contribution in [1.82, 2.24) is 9.88 Å². The number of piperazine rings is 1. The van der Waals surface area contributed by atoms with Crippen LogP contribution in [0.5, 0.6) is 0 Å². The topological polar surface area (TPSA) is 53.5 Å². The Morgan fingerprint density at radius 1 is 0.844 bits per heavy atom. The van der Waals surface area contributed by atoms with E-state index in [1.807, 2.05) is 30.3 Å². The van der Waals surface area contributed by atoms with E-state index in [-0.39, 0.29) is 0 Å². The normalized spacial score (nSPS) is 19.1. The van der Waals surface area contributed by atoms with Gasteiger partial charge >= 0.3 is 0 Å². The molecule has 1 aromatic heterocycles. The molecule has 2 aromatic carbocycles. The Morgan fingerprint density at radius 2 is 1.56 bits per heavy atom. The molecular formula is C26H31N3O2S. The molecule has 1 saturated carbocycles. The molecule has 6 heteroatoms. The quantitative estimate of drug-likeness (QED) is 0.530. The van der Waals surface area contributed by atoms with Gasteiger partial charge in [0, 0.05) is 31.6 Å². The number of benzene rings is 2. The number of nitrogens with zero attached hydrogens (tertiary/aromatic N) is 3. The smallest absolute Gasteiger partial charge is 0.184 e. The van der Waals surface area contributed by atoms with Crippen molar-refractivity contribution < 1.29 is 8.42 Å². The summed E-state index contributed by atoms with van der Waals surface area (Å²) in [6, 6.07) is 21.5. The first kappa shape index (κ1) is 21.4. The highest BCUT2D eigenvalue weighted by Gasteiger charge is 2.48. The van der Waals surface area contributed by atoms with Crippen LogP contribution in [0.3, 0.4) is 0 Å². The summed E-state index contributed by atoms with van der Waals surface area (Å²) in [6.45, 7) is 4.86. The Kier molecular flexibility index (Phi) is 5.91. The van der Waals surface area contributed by atoms with Gasteiger partial charge in [0.15, 0.2) is 9.84 Å². The van der Waals surface area contributed by atoms with Gasteiger partial charge in [-0.25, -0.2) is 13.4 Å². The third-order valence-electron chi connectivity index (χ3n) is 7.28. The molecule has 2 heterocycles. The molecule has 0 unspecified atom stereocenters. The van der Waals surface area contributed by atoms with Gasteiger partial charge < -0.3 is 4.90 Å². The molecular weight excluding hydrogens is 418 g/mol. The van der Waals surface area contributed by atoms with E-state index in [0.717, 1.165) is 76.2 Å². The fourth-order valence-electron chi connectivity index (χ4n) is 5.13. The van der Waals surface area contributed by atoms with Crippen molar-refractivity contribution in [2.24, 2.45) is 0 Å². The Labute approximate surface area is 191 Å². The summed E-state index contributed by atoms with van der Waals surface area (Å²) >= 11 is 0. The molecule has 2 aliphatic rings. The SMILES string of the molecule is O=S(=O)(c1ccccc1)C1(CCCN2CCN(c3ccc4ccccc4n3)CC2)CCC1. The van der Waals surface area contributed by atoms with Crippen molar-refractivity contribution in [3.8, 4) is 0 Å². The van der Waals surface area contributed by atoms with Crippen LogP contribution in [0.1, 0.15) is 32.1 Å². The minimum Gasteiger partial charge on any atom is -0.354 e. The molecule has 0 radical (unpaired) electrons. The largest absolute Gasteiger partial charge is 0.354 e. The summed E-state index contributed by atoms with van der Waals surface area (Å²) in [6.07, 6.45) is 4.30. The maximum Gasteiger partial charge on any atom is 0.184 e. The first-order valence-corrected chi connectivity index (χ1v) is 13.2. The number of fused-ring (bicyclic) bond motifs is 1. The van der Waals surface area contributed by atoms with Crippen LogP contribution in [0.4, 0.5) is 5.82 Å². The second-order valence-electron chi connectivity index (χ2n) is 9.15. The van der Waals surface area contributed by atoms with E-state index in [1.165, 1.54) is 5.39 Å². The van der Waals surface area contributed by atoms with Gasteiger partial charge in [-0.05, 0) is 62.6 Å². The standard InChI is InChI=1S/C26H31N3O2S/c30-32(31,23-9-2-1-3-10-23)26(14-6-15-26)16-7-17-28-18-20-29(21-19-28)25-13-12-22-8-4-5-11-24(22)27-25/h1-5,8-13H,6-7,14-21H2. The number of anilines is 1. The summed E-state index contributed by atoms with van der Waals surface area (Å²) in [5, 5.41) is 1.17. The molecule has 0 spiro atoms. The van der Waals surface area contributed by atoms with E-state index >= 15 is 0 Å². The van der Waals surface area contributed by atoms with E-state index in [1.54, 1.807) is 12.1 Å². The molecule has 1 aliphatic carbocycles. The Bertz CT molecular complexity index is 1170. The molecule has 168 valence electrons. The van der Waals surface area contributed by atoms with E-state index in [0.29, 0.717) is 4.90 Å². The molecule has 32 heavy (non-hydrogen) atoms. The summed E-state index contributed by atoms with van der Waals surface area (Å²) in [7, 11) is -3.26. The van der Waals surface area contributed by atoms with Gasteiger partial charge in [-0.3, -0.25) is 4.90 Å². The van der Waals surface area contributed by atoms with Crippen molar-refractivity contribution in [3.63, 3.8) is 0 Å². The van der Waals surface area contributed by atoms with Gasteiger partial charge in [0.2, 0.25) is 0 Å². The summed E-state index contributed by atoms with van der Waals surface area (Å²) in [4.78, 5) is 10.1. The molecule has 1 aliphatic heterocycles. The van der Waals surface area contributed by atoms with Crippen molar-refractivity contribution in [2.75, 3.05) is 37.6 Å². The van der Waals surface area contributed by atoms with Crippen LogP contribution in [-0.2, 0) is 9.84 Å². The van der Waals surface area contributed by atoms with E-state index in [2.05, 4.69) is 34.1 Å². The first-order chi connectivity index (χ1) is 15.6. The Morgan fingerprint density at radius 3 is 2.28 bits per heavy atom. The van der Waals surface area contributed by atoms with Crippen molar-refractivity contribution in [1.29, 1.82) is 0 Å². The average Bonchev–Trinajstić information content (AvgIpc) is 2.81. The second-order valence-corrected chi connectivity index (χ2v) is 11.5. The van der Waals surface area contributed by atoms with Gasteiger partial charge in [-0.2, -0.15) is 0 Å². The minimum absolute atomic E-state index is 0.483. The molecule has 5 rings (SSSR count). The number of sulfone groups is 1. The van der Waals surface area contributed by atoms with E-state index < -0.39 is 14.6 Å². The van der Waals surface area contributed by atoms with Gasteiger partial charge in [0.1, 0.15) is 5.82 Å². The fourth-order valence-corrected chi connectivity index (χ4v) is 7.39. The molecule has 3 aromatic rings. The number of hydrogen-bond acceptors (Lipinski definition) is 5. The highest BCUT2D eigenvalue weighted by molar-refractivity contribution is 7.93. The molecule has 0 N–H and O–H groups in total. The van der Waals surface area contributed by atoms with E-state index in [9.17, 15) is 8.42 Å². The molecule has 5 nitrogen and oxygen atoms in total. The monoisotopic (exact) mass is 449 g/mol. The van der Waals surface area contributed by atoms with Crippen molar-refractivity contribution in [2.45, 2.75) is 41.7 Å². The van der Waals surface area contributed by atoms with Gasteiger partial charge in [0.05, 0.1) is 15.2 Å². The number of aromatic nitrogens is 1. The predicted octanol–water partition coefficient (Wildman–Crippen LogP) is 4.53. The zero-order valence-corrected chi connectivity index (χ0v) is 19.3. The van der Waals surface area contributed by atoms with Crippen LogP contribution in [0, 0.1) is 0 Å². The second kappa shape index (κ2) is 8.83. The predicted molar refractivity (Wildman–Crippen MR) is 130 cm³/mol. The van der Waals surface area contributed by atoms with Crippen LogP contribution in [-0.4, -0.2) is 55.8 Å². The average molecular weight is 450 g/mol. The Hall–Kier alpha value is -2.44. The maximum absolute atomic E-state index is 13.3. The molecule has 0 bridgehead atoms. The fraction of sp³-hybridized carbons (Fsp3) is 0.423. The lowest BCUT2D eigenvalue weighted by atomic mass is 9.81. The van der Waals surface area contributed by atoms with Gasteiger partial charge in [-0.1, -0.05) is 42.8 Å². The number of hydrogen-bond donors (Lipinski definition) is 0. The lowest BCUT2D eigenvalue weighted by molar-refractivity contribution is 0.234. The maximum atomic E-state index is 13.3. The third-order valence-corrected chi connectivity index (χ3v) is 9.92. The van der Waals surface area contributed by atoms with Gasteiger partial charge in [-0.15, -0.1) is 0 Å². The third kappa shape index (κ3) is 4.02. The van der Waals surface area contributed by atoms with Gasteiger partial charge in [0.25, 0.3) is 0 Å². The highest BCUT2D eigenvalue weighted by Crippen LogP contribution is 2.46. The zero-order chi connectivity index (χ0) is 22.0. The molecule has 2 fully saturated rings. The lowest BCUT2D eigenvalue weighted by Crippen LogP contribution is -2.48. The number of pyridine rings is 1. The number of rotatable bonds is 7. The molecule has 0 amide bonds. The lowest BCUT2D eigenvalue weighted by Gasteiger charge is -2.42. The van der Waals surface area contributed by atoms with Crippen molar-refractivity contribution >= 4 is 26.6 Å². The van der Waals surface area contributed by atoms with Crippen LogP contribution >= 0.6 is 0 Å².